The lowest BCUT2D eigenvalue weighted by atomic mass is 10.0. The van der Waals surface area contributed by atoms with Gasteiger partial charge in [-0.15, -0.1) is 11.3 Å². The lowest BCUT2D eigenvalue weighted by Gasteiger charge is -2.18. The first-order valence-electron chi connectivity index (χ1n) is 8.67. The number of hydrogen-bond acceptors (Lipinski definition) is 4. The van der Waals surface area contributed by atoms with E-state index in [-0.39, 0.29) is 18.6 Å². The van der Waals surface area contributed by atoms with Crippen molar-refractivity contribution in [2.45, 2.75) is 19.9 Å². The summed E-state index contributed by atoms with van der Waals surface area (Å²) in [5.74, 6) is -0.824. The molecule has 1 N–H and O–H groups in total. The Morgan fingerprint density at radius 2 is 1.78 bits per heavy atom. The molecule has 0 unspecified atom stereocenters. The third kappa shape index (κ3) is 4.63. The maximum absolute atomic E-state index is 12.4. The predicted octanol–water partition coefficient (Wildman–Crippen LogP) is 4.43. The van der Waals surface area contributed by atoms with Crippen LogP contribution in [0, 0.1) is 13.8 Å². The van der Waals surface area contributed by atoms with Gasteiger partial charge in [0.1, 0.15) is 0 Å². The summed E-state index contributed by atoms with van der Waals surface area (Å²) in [6, 6.07) is 18.8. The van der Waals surface area contributed by atoms with Gasteiger partial charge in [-0.2, -0.15) is 0 Å². The van der Waals surface area contributed by atoms with E-state index in [1.807, 2.05) is 67.8 Å². The molecule has 5 heteroatoms. The summed E-state index contributed by atoms with van der Waals surface area (Å²) < 4.78 is 5.23. The van der Waals surface area contributed by atoms with E-state index in [9.17, 15) is 9.59 Å². The molecule has 27 heavy (non-hydrogen) atoms. The molecule has 0 spiro atoms. The average Bonchev–Trinajstić information content (AvgIpc) is 3.21. The largest absolute Gasteiger partial charge is 0.452 e. The molecule has 0 aliphatic heterocycles. The van der Waals surface area contributed by atoms with E-state index in [0.29, 0.717) is 5.56 Å². The van der Waals surface area contributed by atoms with Gasteiger partial charge >= 0.3 is 5.97 Å². The predicted molar refractivity (Wildman–Crippen MR) is 107 cm³/mol. The number of carbonyl (C=O) groups excluding carboxylic acids is 2. The number of aryl methyl sites for hydroxylation is 1. The number of nitrogens with one attached hydrogen (secondary N) is 1. The van der Waals surface area contributed by atoms with E-state index in [4.69, 9.17) is 4.74 Å². The molecule has 0 saturated heterocycles. The van der Waals surface area contributed by atoms with Crippen molar-refractivity contribution in [1.82, 2.24) is 5.32 Å². The van der Waals surface area contributed by atoms with E-state index >= 15 is 0 Å². The normalized spacial score (nSPS) is 11.6. The van der Waals surface area contributed by atoms with Gasteiger partial charge in [0.15, 0.2) is 6.61 Å². The Morgan fingerprint density at radius 1 is 1.00 bits per heavy atom. The van der Waals surface area contributed by atoms with Gasteiger partial charge in [-0.25, -0.2) is 4.79 Å². The van der Waals surface area contributed by atoms with Crippen LogP contribution in [0.25, 0.3) is 0 Å². The molecule has 3 aromatic rings. The molecule has 0 saturated carbocycles. The van der Waals surface area contributed by atoms with Crippen molar-refractivity contribution >= 4 is 23.2 Å². The van der Waals surface area contributed by atoms with Crippen molar-refractivity contribution in [2.24, 2.45) is 0 Å². The Balaban J connectivity index is 1.66. The van der Waals surface area contributed by atoms with Gasteiger partial charge in [-0.3, -0.25) is 4.79 Å². The molecule has 4 nitrogen and oxygen atoms in total. The smallest absolute Gasteiger partial charge is 0.338 e. The molecule has 3 rings (SSSR count). The summed E-state index contributed by atoms with van der Waals surface area (Å²) in [6.07, 6.45) is 0. The maximum Gasteiger partial charge on any atom is 0.338 e. The highest BCUT2D eigenvalue weighted by atomic mass is 32.1. The van der Waals surface area contributed by atoms with Gasteiger partial charge in [0.2, 0.25) is 0 Å². The second-order valence-corrected chi connectivity index (χ2v) is 7.23. The van der Waals surface area contributed by atoms with Crippen molar-refractivity contribution in [2.75, 3.05) is 6.61 Å². The van der Waals surface area contributed by atoms with Crippen LogP contribution in [0.3, 0.4) is 0 Å². The number of ether oxygens (including phenoxy) is 1. The zero-order valence-corrected chi connectivity index (χ0v) is 16.1. The fourth-order valence-electron chi connectivity index (χ4n) is 2.80. The highest BCUT2D eigenvalue weighted by Gasteiger charge is 2.19. The van der Waals surface area contributed by atoms with Crippen LogP contribution in [-0.2, 0) is 9.53 Å². The van der Waals surface area contributed by atoms with Crippen LogP contribution in [0.2, 0.25) is 0 Å². The number of hydrogen-bond donors (Lipinski definition) is 1. The minimum absolute atomic E-state index is 0.266. The van der Waals surface area contributed by atoms with Crippen LogP contribution < -0.4 is 5.32 Å². The van der Waals surface area contributed by atoms with Gasteiger partial charge in [-0.05, 0) is 48.1 Å². The summed E-state index contributed by atoms with van der Waals surface area (Å²) >= 11 is 1.57. The summed E-state index contributed by atoms with van der Waals surface area (Å²) in [6.45, 7) is 3.49. The second-order valence-electron chi connectivity index (χ2n) is 6.25. The fraction of sp³-hybridized carbons (Fsp3) is 0.182. The third-order valence-corrected chi connectivity index (χ3v) is 5.36. The van der Waals surface area contributed by atoms with E-state index in [1.54, 1.807) is 23.5 Å². The van der Waals surface area contributed by atoms with Crippen LogP contribution in [-0.4, -0.2) is 18.5 Å². The summed E-state index contributed by atoms with van der Waals surface area (Å²) in [4.78, 5) is 25.8. The van der Waals surface area contributed by atoms with Gasteiger partial charge in [0.25, 0.3) is 5.91 Å². The zero-order chi connectivity index (χ0) is 19.2. The Labute approximate surface area is 162 Å². The molecule has 1 heterocycles. The van der Waals surface area contributed by atoms with Crippen LogP contribution >= 0.6 is 11.3 Å². The second kappa shape index (κ2) is 8.64. The van der Waals surface area contributed by atoms with E-state index in [1.165, 1.54) is 0 Å². The lowest BCUT2D eigenvalue weighted by molar-refractivity contribution is -0.124. The van der Waals surface area contributed by atoms with E-state index in [0.717, 1.165) is 21.6 Å². The molecule has 2 aromatic carbocycles. The third-order valence-electron chi connectivity index (χ3n) is 4.42. The average molecular weight is 379 g/mol. The van der Waals surface area contributed by atoms with Crippen LogP contribution in [0.4, 0.5) is 0 Å². The highest BCUT2D eigenvalue weighted by Crippen LogP contribution is 2.25. The molecule has 0 fully saturated rings. The summed E-state index contributed by atoms with van der Waals surface area (Å²) in [5, 5.41) is 4.93. The molecule has 0 aliphatic carbocycles. The summed E-state index contributed by atoms with van der Waals surface area (Å²) in [5.41, 5.74) is 3.34. The Bertz CT molecular complexity index is 920. The quantitative estimate of drug-likeness (QED) is 0.645. The molecular weight excluding hydrogens is 358 g/mol. The first kappa shape index (κ1) is 18.9. The van der Waals surface area contributed by atoms with Crippen molar-refractivity contribution in [3.63, 3.8) is 0 Å². The van der Waals surface area contributed by atoms with Crippen LogP contribution in [0.15, 0.2) is 66.0 Å². The number of amides is 1. The lowest BCUT2D eigenvalue weighted by Crippen LogP contribution is -2.32. The maximum atomic E-state index is 12.4. The Kier molecular flexibility index (Phi) is 6.04. The van der Waals surface area contributed by atoms with Crippen LogP contribution in [0.5, 0.6) is 0 Å². The van der Waals surface area contributed by atoms with Gasteiger partial charge in [0, 0.05) is 4.88 Å². The molecule has 0 aliphatic rings. The minimum Gasteiger partial charge on any atom is -0.452 e. The Hall–Kier alpha value is -2.92. The topological polar surface area (TPSA) is 55.4 Å². The number of carbonyl (C=O) groups is 2. The molecule has 1 atom stereocenters. The number of esters is 1. The van der Waals surface area contributed by atoms with Crippen molar-refractivity contribution in [3.8, 4) is 0 Å². The van der Waals surface area contributed by atoms with Gasteiger partial charge < -0.3 is 10.1 Å². The number of benzene rings is 2. The van der Waals surface area contributed by atoms with Crippen molar-refractivity contribution in [3.05, 3.63) is 93.2 Å². The molecule has 0 bridgehead atoms. The first-order chi connectivity index (χ1) is 13.1. The van der Waals surface area contributed by atoms with E-state index in [2.05, 4.69) is 5.32 Å². The standard InChI is InChI=1S/C22H21NO3S/c1-15-8-6-11-18(16(15)2)22(25)26-14-20(24)23-21(19-12-7-13-27-19)17-9-4-3-5-10-17/h3-13,21H,14H2,1-2H3,(H,23,24)/t21-/m1/s1. The highest BCUT2D eigenvalue weighted by molar-refractivity contribution is 7.10. The number of rotatable bonds is 6. The monoisotopic (exact) mass is 379 g/mol. The number of thiophene rings is 1. The SMILES string of the molecule is Cc1cccc(C(=O)OCC(=O)N[C@H](c2ccccc2)c2cccs2)c1C. The summed E-state index contributed by atoms with van der Waals surface area (Å²) in [7, 11) is 0. The molecular formula is C22H21NO3S. The van der Waals surface area contributed by atoms with Gasteiger partial charge in [0.05, 0.1) is 11.6 Å². The molecule has 138 valence electrons. The minimum atomic E-state index is -0.487. The van der Waals surface area contributed by atoms with Crippen LogP contribution in [0.1, 0.15) is 38.0 Å². The first-order valence-corrected chi connectivity index (χ1v) is 9.55. The van der Waals surface area contributed by atoms with Crippen molar-refractivity contribution < 1.29 is 14.3 Å². The van der Waals surface area contributed by atoms with E-state index < -0.39 is 5.97 Å². The zero-order valence-electron chi connectivity index (χ0n) is 15.3. The molecule has 0 radical (unpaired) electrons. The van der Waals surface area contributed by atoms with Crippen molar-refractivity contribution in [1.29, 1.82) is 0 Å². The Morgan fingerprint density at radius 3 is 2.48 bits per heavy atom. The molecule has 1 aromatic heterocycles. The molecule has 1 amide bonds. The van der Waals surface area contributed by atoms with Gasteiger partial charge in [-0.1, -0.05) is 48.5 Å². The fourth-order valence-corrected chi connectivity index (χ4v) is 3.61.